The average molecular weight is 251 g/mol. The van der Waals surface area contributed by atoms with Crippen molar-refractivity contribution < 1.29 is 0 Å². The number of hydrogen-bond donors (Lipinski definition) is 0. The first-order valence-corrected chi connectivity index (χ1v) is 6.37. The zero-order chi connectivity index (χ0) is 11.8. The van der Waals surface area contributed by atoms with Crippen LogP contribution in [0.1, 0.15) is 25.7 Å². The molecule has 17 heavy (non-hydrogen) atoms. The lowest BCUT2D eigenvalue weighted by molar-refractivity contribution is 0.645. The second-order valence-corrected chi connectivity index (χ2v) is 4.93. The molecular formula is C12H15ClN4. The van der Waals surface area contributed by atoms with Gasteiger partial charge in [0.05, 0.1) is 0 Å². The van der Waals surface area contributed by atoms with E-state index in [4.69, 9.17) is 11.6 Å². The van der Waals surface area contributed by atoms with E-state index in [1.165, 1.54) is 25.7 Å². The number of hydrogen-bond acceptors (Lipinski definition) is 3. The first kappa shape index (κ1) is 10.8. The second kappa shape index (κ2) is 4.18. The molecule has 0 unspecified atom stereocenters. The van der Waals surface area contributed by atoms with Crippen LogP contribution in [-0.4, -0.2) is 27.7 Å². The highest BCUT2D eigenvalue weighted by molar-refractivity contribution is 6.28. The maximum atomic E-state index is 5.96. The predicted molar refractivity (Wildman–Crippen MR) is 68.7 cm³/mol. The van der Waals surface area contributed by atoms with Crippen molar-refractivity contribution in [3.8, 4) is 0 Å². The Morgan fingerprint density at radius 1 is 1.41 bits per heavy atom. The highest BCUT2D eigenvalue weighted by Gasteiger charge is 2.22. The summed E-state index contributed by atoms with van der Waals surface area (Å²) in [6.07, 6.45) is 7.00. The van der Waals surface area contributed by atoms with Gasteiger partial charge in [0, 0.05) is 19.3 Å². The molecule has 1 aliphatic rings. The highest BCUT2D eigenvalue weighted by Crippen LogP contribution is 2.28. The topological polar surface area (TPSA) is 33.4 Å². The van der Waals surface area contributed by atoms with E-state index in [0.717, 1.165) is 11.3 Å². The van der Waals surface area contributed by atoms with Crippen LogP contribution >= 0.6 is 11.6 Å². The molecule has 0 radical (unpaired) electrons. The van der Waals surface area contributed by atoms with Crippen molar-refractivity contribution in [2.75, 3.05) is 11.9 Å². The normalized spacial score (nSPS) is 16.8. The summed E-state index contributed by atoms with van der Waals surface area (Å²) in [4.78, 5) is 6.62. The Hall–Kier alpha value is -1.29. The van der Waals surface area contributed by atoms with Gasteiger partial charge in [-0.3, -0.25) is 0 Å². The van der Waals surface area contributed by atoms with Gasteiger partial charge in [-0.05, 0) is 36.6 Å². The molecule has 0 atom stereocenters. The van der Waals surface area contributed by atoms with Crippen LogP contribution in [0.2, 0.25) is 5.28 Å². The molecule has 0 aliphatic heterocycles. The summed E-state index contributed by atoms with van der Waals surface area (Å²) < 4.78 is 1.79. The zero-order valence-corrected chi connectivity index (χ0v) is 10.6. The van der Waals surface area contributed by atoms with Gasteiger partial charge in [0.1, 0.15) is 5.52 Å². The van der Waals surface area contributed by atoms with E-state index >= 15 is 0 Å². The number of nitrogens with zero attached hydrogens (tertiary/aromatic N) is 4. The van der Waals surface area contributed by atoms with E-state index in [-0.39, 0.29) is 0 Å². The maximum absolute atomic E-state index is 5.96. The molecule has 5 heteroatoms. The number of halogens is 1. The van der Waals surface area contributed by atoms with Crippen molar-refractivity contribution in [1.82, 2.24) is 14.6 Å². The third-order valence-corrected chi connectivity index (χ3v) is 3.71. The summed E-state index contributed by atoms with van der Waals surface area (Å²) in [6, 6.07) is 4.57. The van der Waals surface area contributed by atoms with Crippen molar-refractivity contribution in [2.45, 2.75) is 31.7 Å². The Labute approximate surface area is 105 Å². The molecule has 2 heterocycles. The van der Waals surface area contributed by atoms with E-state index in [0.29, 0.717) is 11.3 Å². The molecule has 90 valence electrons. The van der Waals surface area contributed by atoms with Crippen LogP contribution < -0.4 is 4.90 Å². The van der Waals surface area contributed by atoms with E-state index in [1.54, 1.807) is 4.52 Å². The zero-order valence-electron chi connectivity index (χ0n) is 9.80. The molecule has 1 aliphatic carbocycles. The minimum atomic E-state index is 0.300. The molecule has 0 bridgehead atoms. The molecule has 2 aromatic heterocycles. The average Bonchev–Trinajstić information content (AvgIpc) is 2.97. The van der Waals surface area contributed by atoms with E-state index in [2.05, 4.69) is 22.0 Å². The number of aromatic nitrogens is 3. The molecule has 0 aromatic carbocycles. The van der Waals surface area contributed by atoms with Crippen molar-refractivity contribution in [3.63, 3.8) is 0 Å². The Balaban J connectivity index is 2.05. The van der Waals surface area contributed by atoms with Crippen LogP contribution in [0.3, 0.4) is 0 Å². The lowest BCUT2D eigenvalue weighted by atomic mass is 10.2. The van der Waals surface area contributed by atoms with Crippen LogP contribution in [0.4, 0.5) is 5.82 Å². The lowest BCUT2D eigenvalue weighted by Crippen LogP contribution is -2.30. The van der Waals surface area contributed by atoms with Crippen molar-refractivity contribution in [1.29, 1.82) is 0 Å². The molecule has 2 aromatic rings. The molecule has 0 N–H and O–H groups in total. The van der Waals surface area contributed by atoms with Crippen LogP contribution in [0.25, 0.3) is 5.52 Å². The summed E-state index contributed by atoms with van der Waals surface area (Å²) in [7, 11) is 2.10. The van der Waals surface area contributed by atoms with Crippen LogP contribution in [0.5, 0.6) is 0 Å². The summed E-state index contributed by atoms with van der Waals surface area (Å²) in [6.45, 7) is 0. The fourth-order valence-electron chi connectivity index (χ4n) is 2.62. The summed E-state index contributed by atoms with van der Waals surface area (Å²) in [5.41, 5.74) is 1.02. The minimum Gasteiger partial charge on any atom is -0.355 e. The standard InChI is InChI=1S/C12H15ClN4/c1-16(9-5-2-3-6-9)11-10-7-4-8-17(10)15-12(13)14-11/h4,7-9H,2-3,5-6H2,1H3. The third-order valence-electron chi connectivity index (χ3n) is 3.55. The number of rotatable bonds is 2. The summed E-state index contributed by atoms with van der Waals surface area (Å²) in [5.74, 6) is 0.932. The monoisotopic (exact) mass is 250 g/mol. The van der Waals surface area contributed by atoms with Gasteiger partial charge in [0.25, 0.3) is 0 Å². The van der Waals surface area contributed by atoms with Gasteiger partial charge in [0.2, 0.25) is 5.28 Å². The highest BCUT2D eigenvalue weighted by atomic mass is 35.5. The Kier molecular flexibility index (Phi) is 2.67. The number of anilines is 1. The fraction of sp³-hybridized carbons (Fsp3) is 0.500. The van der Waals surface area contributed by atoms with Crippen molar-refractivity contribution in [2.24, 2.45) is 0 Å². The van der Waals surface area contributed by atoms with Crippen LogP contribution in [-0.2, 0) is 0 Å². The van der Waals surface area contributed by atoms with Crippen molar-refractivity contribution >= 4 is 22.9 Å². The van der Waals surface area contributed by atoms with Gasteiger partial charge in [-0.15, -0.1) is 5.10 Å². The van der Waals surface area contributed by atoms with Crippen LogP contribution in [0, 0.1) is 0 Å². The molecular weight excluding hydrogens is 236 g/mol. The lowest BCUT2D eigenvalue weighted by Gasteiger charge is -2.25. The first-order chi connectivity index (χ1) is 8.25. The molecule has 3 rings (SSSR count). The molecule has 1 saturated carbocycles. The first-order valence-electron chi connectivity index (χ1n) is 5.99. The molecule has 1 fully saturated rings. The predicted octanol–water partition coefficient (Wildman–Crippen LogP) is 2.76. The maximum Gasteiger partial charge on any atom is 0.243 e. The SMILES string of the molecule is CN(c1nc(Cl)nn2cccc12)C1CCCC1. The van der Waals surface area contributed by atoms with E-state index in [9.17, 15) is 0 Å². The van der Waals surface area contributed by atoms with E-state index < -0.39 is 0 Å². The minimum absolute atomic E-state index is 0.300. The van der Waals surface area contributed by atoms with Crippen molar-refractivity contribution in [3.05, 3.63) is 23.6 Å². The molecule has 0 spiro atoms. The van der Waals surface area contributed by atoms with E-state index in [1.807, 2.05) is 18.3 Å². The quantitative estimate of drug-likeness (QED) is 0.822. The third kappa shape index (κ3) is 1.86. The van der Waals surface area contributed by atoms with Gasteiger partial charge < -0.3 is 4.90 Å². The van der Waals surface area contributed by atoms with Crippen LogP contribution in [0.15, 0.2) is 18.3 Å². The number of fused-ring (bicyclic) bond motifs is 1. The summed E-state index contributed by atoms with van der Waals surface area (Å²) in [5, 5.41) is 4.45. The largest absolute Gasteiger partial charge is 0.355 e. The fourth-order valence-corrected chi connectivity index (χ4v) is 2.78. The molecule has 4 nitrogen and oxygen atoms in total. The van der Waals surface area contributed by atoms with Gasteiger partial charge >= 0.3 is 0 Å². The Bertz CT molecular complexity index is 530. The smallest absolute Gasteiger partial charge is 0.243 e. The Morgan fingerprint density at radius 3 is 2.94 bits per heavy atom. The summed E-state index contributed by atoms with van der Waals surface area (Å²) >= 11 is 5.96. The molecule has 0 amide bonds. The molecule has 0 saturated heterocycles. The second-order valence-electron chi connectivity index (χ2n) is 4.59. The van der Waals surface area contributed by atoms with Gasteiger partial charge in [0.15, 0.2) is 5.82 Å². The van der Waals surface area contributed by atoms with Gasteiger partial charge in [-0.25, -0.2) is 4.52 Å². The Morgan fingerprint density at radius 2 is 2.18 bits per heavy atom. The van der Waals surface area contributed by atoms with Gasteiger partial charge in [-0.1, -0.05) is 12.8 Å². The van der Waals surface area contributed by atoms with Gasteiger partial charge in [-0.2, -0.15) is 4.98 Å².